The van der Waals surface area contributed by atoms with Crippen molar-refractivity contribution >= 4 is 46.7 Å². The van der Waals surface area contributed by atoms with Gasteiger partial charge in [-0.05, 0) is 85.5 Å². The van der Waals surface area contributed by atoms with Gasteiger partial charge in [-0.25, -0.2) is 4.39 Å². The highest BCUT2D eigenvalue weighted by molar-refractivity contribution is 6.39. The number of ether oxygens (including phenoxy) is 1. The standard InChI is InChI=1S/C34H35ClF4N8O5/c35-23-6-4-22(5-7-23)33(14-15-33)46-31-43-30(44-32(45-31)52-20-34(37,38)39)42-26-10-2-21(3-11-26)27(49)40-16-1-17-47(18-19-48)29(51)28(50)41-25-12-8-24(36)9-13-25/h2-13,27,40,48-49H,1,14-20H2,(H,41,50)(H2,42,43,44,45,46). The first kappa shape index (κ1) is 38.1. The number of benzene rings is 3. The zero-order valence-corrected chi connectivity index (χ0v) is 28.2. The molecule has 13 nitrogen and oxygen atoms in total. The summed E-state index contributed by atoms with van der Waals surface area (Å²) in [5.41, 5.74) is 1.54. The third-order valence-electron chi connectivity index (χ3n) is 7.86. The Morgan fingerprint density at radius 2 is 1.58 bits per heavy atom. The largest absolute Gasteiger partial charge is 0.454 e. The van der Waals surface area contributed by atoms with E-state index in [4.69, 9.17) is 16.3 Å². The van der Waals surface area contributed by atoms with Crippen LogP contribution in [0, 0.1) is 5.82 Å². The molecule has 1 heterocycles. The molecule has 1 saturated carbocycles. The van der Waals surface area contributed by atoms with Crippen LogP contribution >= 0.6 is 11.6 Å². The van der Waals surface area contributed by atoms with Gasteiger partial charge in [0.25, 0.3) is 0 Å². The Kier molecular flexibility index (Phi) is 12.4. The second-order valence-corrected chi connectivity index (χ2v) is 12.3. The Morgan fingerprint density at radius 1 is 0.923 bits per heavy atom. The number of hydrogen-bond donors (Lipinski definition) is 6. The average Bonchev–Trinajstić information content (AvgIpc) is 3.89. The molecule has 1 atom stereocenters. The monoisotopic (exact) mass is 746 g/mol. The average molecular weight is 747 g/mol. The summed E-state index contributed by atoms with van der Waals surface area (Å²) < 4.78 is 56.7. The fourth-order valence-corrected chi connectivity index (χ4v) is 5.20. The van der Waals surface area contributed by atoms with Crippen LogP contribution in [0.2, 0.25) is 5.02 Å². The zero-order valence-electron chi connectivity index (χ0n) is 27.5. The highest BCUT2D eigenvalue weighted by Gasteiger charge is 2.45. The van der Waals surface area contributed by atoms with Gasteiger partial charge in [0.05, 0.1) is 12.1 Å². The van der Waals surface area contributed by atoms with E-state index in [-0.39, 0.29) is 43.8 Å². The van der Waals surface area contributed by atoms with Crippen molar-refractivity contribution in [1.82, 2.24) is 25.2 Å². The molecule has 0 radical (unpaired) electrons. The summed E-state index contributed by atoms with van der Waals surface area (Å²) >= 11 is 6.02. The maximum absolute atomic E-state index is 13.1. The van der Waals surface area contributed by atoms with Gasteiger partial charge in [-0.3, -0.25) is 14.9 Å². The van der Waals surface area contributed by atoms with E-state index in [2.05, 4.69) is 36.2 Å². The van der Waals surface area contributed by atoms with Crippen LogP contribution in [0.3, 0.4) is 0 Å². The molecule has 5 rings (SSSR count). The third kappa shape index (κ3) is 10.9. The quantitative estimate of drug-likeness (QED) is 0.0399. The number of rotatable bonds is 16. The van der Waals surface area contributed by atoms with Gasteiger partial charge in [0, 0.05) is 29.5 Å². The number of alkyl halides is 3. The van der Waals surface area contributed by atoms with Crippen LogP contribution in [0.4, 0.5) is 40.8 Å². The predicted molar refractivity (Wildman–Crippen MR) is 183 cm³/mol. The molecule has 18 heteroatoms. The second kappa shape index (κ2) is 16.9. The van der Waals surface area contributed by atoms with Crippen molar-refractivity contribution in [3.05, 3.63) is 94.8 Å². The molecular weight excluding hydrogens is 712 g/mol. The lowest BCUT2D eigenvalue weighted by atomic mass is 10.1. The van der Waals surface area contributed by atoms with Crippen LogP contribution < -0.4 is 26.0 Å². The molecule has 0 saturated heterocycles. The summed E-state index contributed by atoms with van der Waals surface area (Å²) in [4.78, 5) is 38.6. The number of amides is 2. The minimum Gasteiger partial charge on any atom is -0.454 e. The molecule has 4 aromatic rings. The van der Waals surface area contributed by atoms with E-state index >= 15 is 0 Å². The molecule has 1 aliphatic rings. The summed E-state index contributed by atoms with van der Waals surface area (Å²) in [5, 5.41) is 32.0. The van der Waals surface area contributed by atoms with Gasteiger partial charge in [-0.2, -0.15) is 28.1 Å². The molecule has 0 aliphatic heterocycles. The van der Waals surface area contributed by atoms with E-state index in [1.165, 1.54) is 12.1 Å². The Morgan fingerprint density at radius 3 is 2.21 bits per heavy atom. The minimum atomic E-state index is -4.61. The topological polar surface area (TPSA) is 174 Å². The van der Waals surface area contributed by atoms with E-state index in [1.54, 1.807) is 36.4 Å². The summed E-state index contributed by atoms with van der Waals surface area (Å²) in [5.74, 6) is -2.40. The van der Waals surface area contributed by atoms with Crippen molar-refractivity contribution in [2.75, 3.05) is 48.8 Å². The molecule has 1 fully saturated rings. The van der Waals surface area contributed by atoms with E-state index in [0.29, 0.717) is 22.7 Å². The van der Waals surface area contributed by atoms with Gasteiger partial charge in [0.2, 0.25) is 11.9 Å². The van der Waals surface area contributed by atoms with Crippen LogP contribution in [-0.4, -0.2) is 80.9 Å². The number of carbonyl (C=O) groups excluding carboxylic acids is 2. The highest BCUT2D eigenvalue weighted by atomic mass is 35.5. The van der Waals surface area contributed by atoms with Crippen molar-refractivity contribution in [3.8, 4) is 6.01 Å². The van der Waals surface area contributed by atoms with Gasteiger partial charge in [-0.15, -0.1) is 0 Å². The number of aliphatic hydroxyl groups excluding tert-OH is 2. The Labute approximate surface area is 300 Å². The van der Waals surface area contributed by atoms with Crippen LogP contribution in [0.5, 0.6) is 6.01 Å². The normalized spacial score (nSPS) is 13.9. The number of nitrogens with one attached hydrogen (secondary N) is 4. The molecule has 1 unspecified atom stereocenters. The van der Waals surface area contributed by atoms with E-state index in [9.17, 15) is 37.4 Å². The summed E-state index contributed by atoms with van der Waals surface area (Å²) in [6, 6.07) is 17.9. The summed E-state index contributed by atoms with van der Waals surface area (Å²) in [6.07, 6.45) is -3.95. The number of aromatic nitrogens is 3. The minimum absolute atomic E-state index is 0.00567. The molecular formula is C34H35ClF4N8O5. The molecule has 1 aliphatic carbocycles. The number of hydrogen-bond acceptors (Lipinski definition) is 11. The van der Waals surface area contributed by atoms with Crippen molar-refractivity contribution in [1.29, 1.82) is 0 Å². The number of nitrogens with zero attached hydrogens (tertiary/aromatic N) is 4. The molecule has 0 bridgehead atoms. The molecule has 0 spiro atoms. The van der Waals surface area contributed by atoms with Crippen LogP contribution in [0.1, 0.15) is 36.6 Å². The second-order valence-electron chi connectivity index (χ2n) is 11.8. The van der Waals surface area contributed by atoms with Gasteiger partial charge in [0.15, 0.2) is 6.61 Å². The molecule has 3 aromatic carbocycles. The fourth-order valence-electron chi connectivity index (χ4n) is 5.07. The number of anilines is 4. The Bertz CT molecular complexity index is 1820. The lowest BCUT2D eigenvalue weighted by Gasteiger charge is -2.22. The van der Waals surface area contributed by atoms with Crippen molar-refractivity contribution < 1.29 is 42.1 Å². The zero-order chi connectivity index (χ0) is 37.3. The molecule has 2 amide bonds. The lowest BCUT2D eigenvalue weighted by Crippen LogP contribution is -2.42. The number of carbonyl (C=O) groups is 2. The van der Waals surface area contributed by atoms with E-state index < -0.39 is 48.2 Å². The molecule has 6 N–H and O–H groups in total. The smallest absolute Gasteiger partial charge is 0.422 e. The SMILES string of the molecule is O=C(Nc1ccc(F)cc1)C(=O)N(CCO)CCCNC(O)c1ccc(Nc2nc(NC3(c4ccc(Cl)cc4)CC3)nc(OCC(F)(F)F)n2)cc1. The highest BCUT2D eigenvalue weighted by Crippen LogP contribution is 2.48. The molecule has 52 heavy (non-hydrogen) atoms. The first-order valence-corrected chi connectivity index (χ1v) is 16.5. The lowest BCUT2D eigenvalue weighted by molar-refractivity contribution is -0.154. The summed E-state index contributed by atoms with van der Waals surface area (Å²) in [7, 11) is 0. The van der Waals surface area contributed by atoms with Gasteiger partial charge in [0.1, 0.15) is 12.0 Å². The van der Waals surface area contributed by atoms with E-state index in [1.807, 2.05) is 12.1 Å². The first-order chi connectivity index (χ1) is 24.8. The number of halogens is 5. The first-order valence-electron chi connectivity index (χ1n) is 16.1. The van der Waals surface area contributed by atoms with Crippen LogP contribution in [0.25, 0.3) is 0 Å². The third-order valence-corrected chi connectivity index (χ3v) is 8.11. The van der Waals surface area contributed by atoms with Crippen molar-refractivity contribution in [2.45, 2.75) is 37.2 Å². The van der Waals surface area contributed by atoms with Gasteiger partial charge < -0.3 is 35.8 Å². The number of aliphatic hydroxyl groups is 2. The molecule has 276 valence electrons. The Balaban J connectivity index is 1.16. The predicted octanol–water partition coefficient (Wildman–Crippen LogP) is 4.88. The van der Waals surface area contributed by atoms with Crippen LogP contribution in [0.15, 0.2) is 72.8 Å². The van der Waals surface area contributed by atoms with Gasteiger partial charge >= 0.3 is 24.0 Å². The van der Waals surface area contributed by atoms with Crippen molar-refractivity contribution in [3.63, 3.8) is 0 Å². The maximum atomic E-state index is 13.1. The fraction of sp³-hybridized carbons (Fsp3) is 0.324. The van der Waals surface area contributed by atoms with Crippen LogP contribution in [-0.2, 0) is 15.1 Å². The Hall–Kier alpha value is -5.10. The maximum Gasteiger partial charge on any atom is 0.422 e. The molecule has 1 aromatic heterocycles. The van der Waals surface area contributed by atoms with Gasteiger partial charge in [-0.1, -0.05) is 35.9 Å². The van der Waals surface area contributed by atoms with E-state index in [0.717, 1.165) is 35.4 Å². The van der Waals surface area contributed by atoms with Crippen molar-refractivity contribution in [2.24, 2.45) is 0 Å². The summed E-state index contributed by atoms with van der Waals surface area (Å²) in [6.45, 7) is -1.74.